The Balaban J connectivity index is 1.49. The number of nitrogens with one attached hydrogen (secondary N) is 2. The molecular formula is C25H34N2O2. The summed E-state index contributed by atoms with van der Waals surface area (Å²) in [7, 11) is 0. The molecule has 2 aliphatic rings. The summed E-state index contributed by atoms with van der Waals surface area (Å²) in [5.74, 6) is 2.12. The Morgan fingerprint density at radius 2 is 1.07 bits per heavy atom. The number of hydrogen-bond acceptors (Lipinski definition) is 4. The summed E-state index contributed by atoms with van der Waals surface area (Å²) >= 11 is 0. The van der Waals surface area contributed by atoms with Gasteiger partial charge in [0, 0.05) is 13.1 Å². The quantitative estimate of drug-likeness (QED) is 0.777. The molecule has 0 spiro atoms. The van der Waals surface area contributed by atoms with Gasteiger partial charge in [0.25, 0.3) is 0 Å². The molecule has 2 aliphatic heterocycles. The lowest BCUT2D eigenvalue weighted by Gasteiger charge is -2.19. The first-order valence-electron chi connectivity index (χ1n) is 10.9. The van der Waals surface area contributed by atoms with Crippen LogP contribution in [0.4, 0.5) is 0 Å². The van der Waals surface area contributed by atoms with E-state index in [1.807, 2.05) is 0 Å². The average molecular weight is 395 g/mol. The van der Waals surface area contributed by atoms with Crippen molar-refractivity contribution in [3.8, 4) is 11.5 Å². The normalized spacial score (nSPS) is 21.5. The first-order chi connectivity index (χ1) is 14.0. The van der Waals surface area contributed by atoms with E-state index in [-0.39, 0.29) is 0 Å². The lowest BCUT2D eigenvalue weighted by Crippen LogP contribution is -2.20. The fourth-order valence-electron chi connectivity index (χ4n) is 4.68. The summed E-state index contributed by atoms with van der Waals surface area (Å²) in [5.41, 5.74) is 7.60. The lowest BCUT2D eigenvalue weighted by atomic mass is 9.97. The van der Waals surface area contributed by atoms with Gasteiger partial charge >= 0.3 is 0 Å². The van der Waals surface area contributed by atoms with Crippen LogP contribution in [0.1, 0.15) is 46.2 Å². The zero-order valence-corrected chi connectivity index (χ0v) is 18.2. The van der Waals surface area contributed by atoms with Crippen molar-refractivity contribution < 1.29 is 9.47 Å². The van der Waals surface area contributed by atoms with Gasteiger partial charge in [-0.25, -0.2) is 0 Å². The molecule has 0 bridgehead atoms. The molecule has 0 aliphatic carbocycles. The van der Waals surface area contributed by atoms with E-state index >= 15 is 0 Å². The minimum absolute atomic E-state index is 0.297. The van der Waals surface area contributed by atoms with Crippen molar-refractivity contribution in [2.45, 2.75) is 59.2 Å². The van der Waals surface area contributed by atoms with Crippen LogP contribution in [0, 0.1) is 27.7 Å². The number of rotatable bonds is 6. The number of hydrogen-bond donors (Lipinski definition) is 2. The van der Waals surface area contributed by atoms with Crippen LogP contribution in [0.25, 0.3) is 0 Å². The first kappa shape index (κ1) is 20.2. The second-order valence-corrected chi connectivity index (χ2v) is 8.76. The molecule has 2 fully saturated rings. The molecule has 2 aromatic rings. The number of benzene rings is 2. The third-order valence-electron chi connectivity index (χ3n) is 6.05. The Morgan fingerprint density at radius 3 is 1.38 bits per heavy atom. The molecule has 4 rings (SSSR count). The number of ether oxygens (including phenoxy) is 2. The SMILES string of the molecule is Cc1cc(Cc2cc(C)c(O[C@H]3CCNC3)c(C)c2)cc(C)c1O[C@H]1CCNC1. The molecule has 29 heavy (non-hydrogen) atoms. The maximum atomic E-state index is 6.28. The molecule has 2 saturated heterocycles. The van der Waals surface area contributed by atoms with Gasteiger partial charge in [0.1, 0.15) is 23.7 Å². The second-order valence-electron chi connectivity index (χ2n) is 8.76. The Kier molecular flexibility index (Phi) is 6.12. The van der Waals surface area contributed by atoms with Crippen LogP contribution in [-0.4, -0.2) is 38.4 Å². The zero-order chi connectivity index (χ0) is 20.4. The molecule has 2 N–H and O–H groups in total. The highest BCUT2D eigenvalue weighted by Crippen LogP contribution is 2.30. The molecule has 0 saturated carbocycles. The minimum Gasteiger partial charge on any atom is -0.489 e. The van der Waals surface area contributed by atoms with Gasteiger partial charge in [-0.2, -0.15) is 0 Å². The van der Waals surface area contributed by atoms with Gasteiger partial charge in [-0.1, -0.05) is 24.3 Å². The summed E-state index contributed by atoms with van der Waals surface area (Å²) in [6, 6.07) is 9.13. The highest BCUT2D eigenvalue weighted by molar-refractivity contribution is 5.48. The van der Waals surface area contributed by atoms with Gasteiger partial charge in [0.15, 0.2) is 0 Å². The van der Waals surface area contributed by atoms with Crippen molar-refractivity contribution >= 4 is 0 Å². The third-order valence-corrected chi connectivity index (χ3v) is 6.05. The predicted octanol–water partition coefficient (Wildman–Crippen LogP) is 3.99. The van der Waals surface area contributed by atoms with Gasteiger partial charge in [-0.3, -0.25) is 0 Å². The smallest absolute Gasteiger partial charge is 0.125 e. The van der Waals surface area contributed by atoms with Crippen molar-refractivity contribution in [1.82, 2.24) is 10.6 Å². The van der Waals surface area contributed by atoms with E-state index < -0.39 is 0 Å². The molecule has 0 radical (unpaired) electrons. The third kappa shape index (κ3) is 4.76. The van der Waals surface area contributed by atoms with Crippen molar-refractivity contribution in [3.63, 3.8) is 0 Å². The monoisotopic (exact) mass is 394 g/mol. The van der Waals surface area contributed by atoms with E-state index in [9.17, 15) is 0 Å². The van der Waals surface area contributed by atoms with E-state index in [1.165, 1.54) is 33.4 Å². The van der Waals surface area contributed by atoms with Gasteiger partial charge < -0.3 is 20.1 Å². The van der Waals surface area contributed by atoms with E-state index in [1.54, 1.807) is 0 Å². The topological polar surface area (TPSA) is 42.5 Å². The van der Waals surface area contributed by atoms with Gasteiger partial charge in [0.05, 0.1) is 0 Å². The summed E-state index contributed by atoms with van der Waals surface area (Å²) in [5, 5.41) is 6.75. The van der Waals surface area contributed by atoms with Crippen LogP contribution in [-0.2, 0) is 6.42 Å². The van der Waals surface area contributed by atoms with Crippen molar-refractivity contribution in [2.75, 3.05) is 26.2 Å². The van der Waals surface area contributed by atoms with Crippen molar-refractivity contribution in [3.05, 3.63) is 57.6 Å². The van der Waals surface area contributed by atoms with E-state index in [4.69, 9.17) is 9.47 Å². The van der Waals surface area contributed by atoms with E-state index in [0.717, 1.165) is 56.9 Å². The molecule has 0 unspecified atom stereocenters. The average Bonchev–Trinajstić information content (AvgIpc) is 3.35. The maximum absolute atomic E-state index is 6.28. The fourth-order valence-corrected chi connectivity index (χ4v) is 4.68. The Labute approximate surface area is 175 Å². The zero-order valence-electron chi connectivity index (χ0n) is 18.2. The van der Waals surface area contributed by atoms with Crippen LogP contribution < -0.4 is 20.1 Å². The van der Waals surface area contributed by atoms with Gasteiger partial charge in [-0.05, 0) is 93.4 Å². The molecule has 4 heteroatoms. The summed E-state index contributed by atoms with van der Waals surface area (Å²) in [6.45, 7) is 12.7. The van der Waals surface area contributed by atoms with Crippen LogP contribution in [0.15, 0.2) is 24.3 Å². The molecule has 2 heterocycles. The standard InChI is InChI=1S/C25H34N2O2/c1-16-9-20(10-17(2)24(16)28-22-5-7-26-14-22)13-21-11-18(3)25(19(4)12-21)29-23-6-8-27-15-23/h9-12,22-23,26-27H,5-8,13-15H2,1-4H3/t22-,23-/m0/s1. The molecule has 2 aromatic carbocycles. The highest BCUT2D eigenvalue weighted by Gasteiger charge is 2.20. The molecule has 0 aromatic heterocycles. The predicted molar refractivity (Wildman–Crippen MR) is 118 cm³/mol. The first-order valence-corrected chi connectivity index (χ1v) is 10.9. The molecule has 2 atom stereocenters. The largest absolute Gasteiger partial charge is 0.489 e. The minimum atomic E-state index is 0.297. The maximum Gasteiger partial charge on any atom is 0.125 e. The van der Waals surface area contributed by atoms with Crippen molar-refractivity contribution in [2.24, 2.45) is 0 Å². The highest BCUT2D eigenvalue weighted by atomic mass is 16.5. The Hall–Kier alpha value is -2.04. The van der Waals surface area contributed by atoms with Crippen LogP contribution in [0.2, 0.25) is 0 Å². The number of aryl methyl sites for hydroxylation is 4. The summed E-state index contributed by atoms with van der Waals surface area (Å²) < 4.78 is 12.6. The van der Waals surface area contributed by atoms with Crippen molar-refractivity contribution in [1.29, 1.82) is 0 Å². The van der Waals surface area contributed by atoms with E-state index in [0.29, 0.717) is 12.2 Å². The van der Waals surface area contributed by atoms with Crippen LogP contribution >= 0.6 is 0 Å². The molecule has 0 amide bonds. The summed E-state index contributed by atoms with van der Waals surface area (Å²) in [4.78, 5) is 0. The Morgan fingerprint density at radius 1 is 0.690 bits per heavy atom. The lowest BCUT2D eigenvalue weighted by molar-refractivity contribution is 0.220. The van der Waals surface area contributed by atoms with E-state index in [2.05, 4.69) is 62.6 Å². The summed E-state index contributed by atoms with van der Waals surface area (Å²) in [6.07, 6.45) is 3.70. The van der Waals surface area contributed by atoms with Crippen LogP contribution in [0.5, 0.6) is 11.5 Å². The molecule has 156 valence electrons. The second kappa shape index (κ2) is 8.76. The molecular weight excluding hydrogens is 360 g/mol. The fraction of sp³-hybridized carbons (Fsp3) is 0.520. The molecule has 4 nitrogen and oxygen atoms in total. The van der Waals surface area contributed by atoms with Gasteiger partial charge in [-0.15, -0.1) is 0 Å². The van der Waals surface area contributed by atoms with Gasteiger partial charge in [0.2, 0.25) is 0 Å². The van der Waals surface area contributed by atoms with Crippen LogP contribution in [0.3, 0.4) is 0 Å². The Bertz CT molecular complexity index is 748.